The molecule has 0 saturated carbocycles. The van der Waals surface area contributed by atoms with Gasteiger partial charge in [0, 0.05) is 15.8 Å². The molecule has 5 heteroatoms. The van der Waals surface area contributed by atoms with Crippen LogP contribution in [0.3, 0.4) is 0 Å². The van der Waals surface area contributed by atoms with E-state index in [9.17, 15) is 0 Å². The molecule has 0 saturated heterocycles. The van der Waals surface area contributed by atoms with Gasteiger partial charge >= 0.3 is 0 Å². The molecular formula is C15H13BrINO2. The van der Waals surface area contributed by atoms with Gasteiger partial charge in [0.15, 0.2) is 11.5 Å². The van der Waals surface area contributed by atoms with E-state index in [0.717, 1.165) is 33.8 Å². The Morgan fingerprint density at radius 1 is 1.15 bits per heavy atom. The predicted octanol–water partition coefficient (Wildman–Crippen LogP) is 4.44. The van der Waals surface area contributed by atoms with E-state index in [0.29, 0.717) is 13.2 Å². The van der Waals surface area contributed by atoms with Crippen LogP contribution in [0.2, 0.25) is 0 Å². The van der Waals surface area contributed by atoms with E-state index in [1.54, 1.807) is 0 Å². The molecule has 0 fully saturated rings. The Morgan fingerprint density at radius 2 is 1.95 bits per heavy atom. The van der Waals surface area contributed by atoms with Crippen molar-refractivity contribution in [1.29, 1.82) is 0 Å². The van der Waals surface area contributed by atoms with Gasteiger partial charge in [-0.05, 0) is 68.3 Å². The van der Waals surface area contributed by atoms with Crippen LogP contribution in [0, 0.1) is 3.57 Å². The quantitative estimate of drug-likeness (QED) is 0.708. The number of ether oxygens (including phenoxy) is 2. The highest BCUT2D eigenvalue weighted by molar-refractivity contribution is 14.1. The maximum atomic E-state index is 5.64. The second-order valence-electron chi connectivity index (χ2n) is 4.44. The first-order valence-corrected chi connectivity index (χ1v) is 8.17. The zero-order valence-corrected chi connectivity index (χ0v) is 14.4. The molecule has 0 amide bonds. The summed E-state index contributed by atoms with van der Waals surface area (Å²) in [5.74, 6) is 1.61. The van der Waals surface area contributed by atoms with E-state index in [1.165, 1.54) is 3.57 Å². The minimum Gasteiger partial charge on any atom is -0.486 e. The van der Waals surface area contributed by atoms with Crippen molar-refractivity contribution in [2.75, 3.05) is 18.5 Å². The molecule has 2 aromatic rings. The summed E-state index contributed by atoms with van der Waals surface area (Å²) in [6.07, 6.45) is 0. The van der Waals surface area contributed by atoms with Crippen molar-refractivity contribution < 1.29 is 9.47 Å². The van der Waals surface area contributed by atoms with Gasteiger partial charge in [-0.2, -0.15) is 0 Å². The Hall–Kier alpha value is -0.950. The standard InChI is InChI=1S/C15H13BrINO2/c16-11-7-10(8-14-15(11)20-6-5-19-14)9-18-13-4-2-1-3-12(13)17/h1-4,7-8,18H,5-6,9H2. The zero-order valence-electron chi connectivity index (χ0n) is 10.7. The highest BCUT2D eigenvalue weighted by Gasteiger charge is 2.16. The number of fused-ring (bicyclic) bond motifs is 1. The Morgan fingerprint density at radius 3 is 2.80 bits per heavy atom. The highest BCUT2D eigenvalue weighted by atomic mass is 127. The van der Waals surface area contributed by atoms with Gasteiger partial charge in [-0.25, -0.2) is 0 Å². The van der Waals surface area contributed by atoms with Crippen molar-refractivity contribution >= 4 is 44.2 Å². The molecule has 1 aliphatic heterocycles. The topological polar surface area (TPSA) is 30.5 Å². The molecule has 0 bridgehead atoms. The SMILES string of the molecule is Brc1cc(CNc2ccccc2I)cc2c1OCCO2. The number of para-hydroxylation sites is 1. The third-order valence-electron chi connectivity index (χ3n) is 3.01. The summed E-state index contributed by atoms with van der Waals surface area (Å²) < 4.78 is 13.4. The largest absolute Gasteiger partial charge is 0.486 e. The van der Waals surface area contributed by atoms with E-state index in [2.05, 4.69) is 62.0 Å². The molecule has 3 rings (SSSR count). The first-order chi connectivity index (χ1) is 9.74. The van der Waals surface area contributed by atoms with E-state index in [1.807, 2.05) is 18.2 Å². The molecular weight excluding hydrogens is 433 g/mol. The number of benzene rings is 2. The molecule has 20 heavy (non-hydrogen) atoms. The zero-order chi connectivity index (χ0) is 13.9. The van der Waals surface area contributed by atoms with Crippen molar-refractivity contribution in [1.82, 2.24) is 0 Å². The maximum absolute atomic E-state index is 5.64. The monoisotopic (exact) mass is 445 g/mol. The van der Waals surface area contributed by atoms with Gasteiger partial charge in [0.1, 0.15) is 13.2 Å². The van der Waals surface area contributed by atoms with Crippen LogP contribution in [0.25, 0.3) is 0 Å². The molecule has 1 aliphatic rings. The number of nitrogens with one attached hydrogen (secondary N) is 1. The predicted molar refractivity (Wildman–Crippen MR) is 91.6 cm³/mol. The molecule has 0 radical (unpaired) electrons. The lowest BCUT2D eigenvalue weighted by atomic mass is 10.2. The summed E-state index contributed by atoms with van der Waals surface area (Å²) in [4.78, 5) is 0. The number of hydrogen-bond donors (Lipinski definition) is 1. The maximum Gasteiger partial charge on any atom is 0.175 e. The highest BCUT2D eigenvalue weighted by Crippen LogP contribution is 2.38. The lowest BCUT2D eigenvalue weighted by Gasteiger charge is -2.20. The molecule has 0 unspecified atom stereocenters. The number of halogens is 2. The van der Waals surface area contributed by atoms with Crippen LogP contribution >= 0.6 is 38.5 Å². The molecule has 104 valence electrons. The molecule has 1 heterocycles. The fourth-order valence-corrected chi connectivity index (χ4v) is 3.25. The number of rotatable bonds is 3. The molecule has 3 nitrogen and oxygen atoms in total. The van der Waals surface area contributed by atoms with Gasteiger partial charge in [0.05, 0.1) is 4.47 Å². The normalized spacial score (nSPS) is 13.1. The van der Waals surface area contributed by atoms with Crippen LogP contribution < -0.4 is 14.8 Å². The molecule has 2 aromatic carbocycles. The van der Waals surface area contributed by atoms with Crippen LogP contribution in [0.5, 0.6) is 11.5 Å². The number of hydrogen-bond acceptors (Lipinski definition) is 3. The van der Waals surface area contributed by atoms with E-state index < -0.39 is 0 Å². The van der Waals surface area contributed by atoms with Crippen molar-refractivity contribution in [2.45, 2.75) is 6.54 Å². The Balaban J connectivity index is 1.78. The van der Waals surface area contributed by atoms with Crippen LogP contribution in [0.4, 0.5) is 5.69 Å². The third-order valence-corrected chi connectivity index (χ3v) is 4.54. The van der Waals surface area contributed by atoms with Crippen LogP contribution in [-0.4, -0.2) is 13.2 Å². The Kier molecular flexibility index (Phi) is 4.35. The fourth-order valence-electron chi connectivity index (χ4n) is 2.07. The summed E-state index contributed by atoms with van der Waals surface area (Å²) in [5.41, 5.74) is 2.29. The van der Waals surface area contributed by atoms with Crippen molar-refractivity contribution in [3.05, 3.63) is 50.0 Å². The minimum atomic E-state index is 0.603. The van der Waals surface area contributed by atoms with E-state index >= 15 is 0 Å². The van der Waals surface area contributed by atoms with Crippen molar-refractivity contribution in [2.24, 2.45) is 0 Å². The summed E-state index contributed by atoms with van der Waals surface area (Å²) in [7, 11) is 0. The van der Waals surface area contributed by atoms with Crippen molar-refractivity contribution in [3.8, 4) is 11.5 Å². The van der Waals surface area contributed by atoms with Gasteiger partial charge in [-0.15, -0.1) is 0 Å². The molecule has 0 aliphatic carbocycles. The molecule has 0 aromatic heterocycles. The van der Waals surface area contributed by atoms with Crippen LogP contribution in [0.15, 0.2) is 40.9 Å². The second-order valence-corrected chi connectivity index (χ2v) is 6.45. The minimum absolute atomic E-state index is 0.603. The summed E-state index contributed by atoms with van der Waals surface area (Å²) in [6, 6.07) is 12.3. The third kappa shape index (κ3) is 3.03. The summed E-state index contributed by atoms with van der Waals surface area (Å²) in [6.45, 7) is 1.95. The van der Waals surface area contributed by atoms with E-state index in [4.69, 9.17) is 9.47 Å². The Bertz CT molecular complexity index is 633. The number of anilines is 1. The summed E-state index contributed by atoms with van der Waals surface area (Å²) in [5, 5.41) is 3.44. The smallest absolute Gasteiger partial charge is 0.175 e. The summed E-state index contributed by atoms with van der Waals surface area (Å²) >= 11 is 5.87. The average molecular weight is 446 g/mol. The van der Waals surface area contributed by atoms with Gasteiger partial charge in [0.25, 0.3) is 0 Å². The van der Waals surface area contributed by atoms with Gasteiger partial charge in [-0.1, -0.05) is 12.1 Å². The van der Waals surface area contributed by atoms with Crippen molar-refractivity contribution in [3.63, 3.8) is 0 Å². The van der Waals surface area contributed by atoms with Gasteiger partial charge in [-0.3, -0.25) is 0 Å². The van der Waals surface area contributed by atoms with E-state index in [-0.39, 0.29) is 0 Å². The molecule has 1 N–H and O–H groups in total. The van der Waals surface area contributed by atoms with Gasteiger partial charge in [0.2, 0.25) is 0 Å². The lowest BCUT2D eigenvalue weighted by molar-refractivity contribution is 0.170. The van der Waals surface area contributed by atoms with Gasteiger partial charge < -0.3 is 14.8 Å². The fraction of sp³-hybridized carbons (Fsp3) is 0.200. The lowest BCUT2D eigenvalue weighted by Crippen LogP contribution is -2.16. The first-order valence-electron chi connectivity index (χ1n) is 6.30. The first kappa shape index (κ1) is 14.0. The average Bonchev–Trinajstić information content (AvgIpc) is 2.46. The van der Waals surface area contributed by atoms with Crippen LogP contribution in [0.1, 0.15) is 5.56 Å². The second kappa shape index (κ2) is 6.22. The molecule has 0 spiro atoms. The molecule has 0 atom stereocenters. The Labute approximate surface area is 139 Å². The van der Waals surface area contributed by atoms with Crippen LogP contribution in [-0.2, 0) is 6.54 Å².